The second-order valence-corrected chi connectivity index (χ2v) is 4.09. The molecule has 0 N–H and O–H groups in total. The molecule has 0 aliphatic heterocycles. The molecular formula is C16H16O3. The van der Waals surface area contributed by atoms with E-state index in [2.05, 4.69) is 6.92 Å². The number of benzene rings is 2. The van der Waals surface area contributed by atoms with Crippen LogP contribution in [0.15, 0.2) is 48.5 Å². The van der Waals surface area contributed by atoms with Crippen LogP contribution in [0.5, 0.6) is 11.5 Å². The average molecular weight is 256 g/mol. The molecule has 3 nitrogen and oxygen atoms in total. The third-order valence-corrected chi connectivity index (χ3v) is 2.85. The number of ether oxygens (including phenoxy) is 2. The van der Waals surface area contributed by atoms with Crippen LogP contribution >= 0.6 is 0 Å². The van der Waals surface area contributed by atoms with Crippen LogP contribution in [0.2, 0.25) is 0 Å². The van der Waals surface area contributed by atoms with Crippen LogP contribution in [0.25, 0.3) is 0 Å². The quantitative estimate of drug-likeness (QED) is 0.620. The van der Waals surface area contributed by atoms with E-state index in [0.29, 0.717) is 17.1 Å². The summed E-state index contributed by atoms with van der Waals surface area (Å²) in [5.41, 5.74) is 1.65. The van der Waals surface area contributed by atoms with Crippen molar-refractivity contribution in [1.29, 1.82) is 0 Å². The molecule has 0 radical (unpaired) electrons. The first-order valence-electron chi connectivity index (χ1n) is 6.18. The highest BCUT2D eigenvalue weighted by Gasteiger charge is 2.12. The molecule has 2 rings (SSSR count). The normalized spacial score (nSPS) is 10.0. The van der Waals surface area contributed by atoms with Crippen LogP contribution in [-0.2, 0) is 6.42 Å². The highest BCUT2D eigenvalue weighted by Crippen LogP contribution is 2.28. The number of rotatable bonds is 4. The zero-order chi connectivity index (χ0) is 13.7. The van der Waals surface area contributed by atoms with Gasteiger partial charge in [0.05, 0.1) is 12.7 Å². The second kappa shape index (κ2) is 6.05. The Morgan fingerprint density at radius 3 is 2.42 bits per heavy atom. The van der Waals surface area contributed by atoms with E-state index in [9.17, 15) is 4.79 Å². The zero-order valence-corrected chi connectivity index (χ0v) is 11.1. The van der Waals surface area contributed by atoms with Crippen molar-refractivity contribution >= 4 is 5.97 Å². The lowest BCUT2D eigenvalue weighted by Gasteiger charge is -2.10. The van der Waals surface area contributed by atoms with Gasteiger partial charge in [-0.1, -0.05) is 31.2 Å². The van der Waals surface area contributed by atoms with Crippen LogP contribution in [-0.4, -0.2) is 13.1 Å². The Labute approximate surface area is 112 Å². The van der Waals surface area contributed by atoms with Crippen molar-refractivity contribution in [3.05, 3.63) is 59.7 Å². The molecule has 0 aliphatic carbocycles. The summed E-state index contributed by atoms with van der Waals surface area (Å²) >= 11 is 0. The minimum atomic E-state index is -0.386. The Morgan fingerprint density at radius 1 is 1.05 bits per heavy atom. The predicted molar refractivity (Wildman–Crippen MR) is 73.8 cm³/mol. The lowest BCUT2D eigenvalue weighted by atomic mass is 10.1. The fourth-order valence-corrected chi connectivity index (χ4v) is 1.75. The Hall–Kier alpha value is -2.29. The predicted octanol–water partition coefficient (Wildman–Crippen LogP) is 3.48. The van der Waals surface area contributed by atoms with Gasteiger partial charge in [0.15, 0.2) is 11.5 Å². The molecule has 2 aromatic carbocycles. The van der Waals surface area contributed by atoms with Crippen molar-refractivity contribution in [2.24, 2.45) is 0 Å². The van der Waals surface area contributed by atoms with E-state index in [1.165, 1.54) is 0 Å². The van der Waals surface area contributed by atoms with Crippen molar-refractivity contribution < 1.29 is 14.3 Å². The standard InChI is InChI=1S/C16H16O3/c1-3-12-9-10-14(15(11-12)18-2)19-16(17)13-7-5-4-6-8-13/h4-11H,3H2,1-2H3. The second-order valence-electron chi connectivity index (χ2n) is 4.09. The fraction of sp³-hybridized carbons (Fsp3) is 0.188. The Bertz CT molecular complexity index is 561. The molecule has 0 aliphatic rings. The first-order chi connectivity index (χ1) is 9.24. The van der Waals surface area contributed by atoms with E-state index >= 15 is 0 Å². The van der Waals surface area contributed by atoms with Gasteiger partial charge in [-0.2, -0.15) is 0 Å². The van der Waals surface area contributed by atoms with Gasteiger partial charge < -0.3 is 9.47 Å². The van der Waals surface area contributed by atoms with E-state index in [-0.39, 0.29) is 5.97 Å². The number of methoxy groups -OCH3 is 1. The number of hydrogen-bond acceptors (Lipinski definition) is 3. The highest BCUT2D eigenvalue weighted by atomic mass is 16.6. The maximum Gasteiger partial charge on any atom is 0.343 e. The van der Waals surface area contributed by atoms with Crippen molar-refractivity contribution in [3.63, 3.8) is 0 Å². The largest absolute Gasteiger partial charge is 0.493 e. The molecule has 0 atom stereocenters. The number of hydrogen-bond donors (Lipinski definition) is 0. The summed E-state index contributed by atoms with van der Waals surface area (Å²) in [6, 6.07) is 14.5. The van der Waals surface area contributed by atoms with Gasteiger partial charge in [0, 0.05) is 0 Å². The fourth-order valence-electron chi connectivity index (χ4n) is 1.75. The Morgan fingerprint density at radius 2 is 1.79 bits per heavy atom. The first kappa shape index (κ1) is 13.1. The van der Waals surface area contributed by atoms with Gasteiger partial charge >= 0.3 is 5.97 Å². The molecule has 0 fully saturated rings. The number of carbonyl (C=O) groups excluding carboxylic acids is 1. The zero-order valence-electron chi connectivity index (χ0n) is 11.1. The number of aryl methyl sites for hydroxylation is 1. The van der Waals surface area contributed by atoms with E-state index in [4.69, 9.17) is 9.47 Å². The number of esters is 1. The van der Waals surface area contributed by atoms with Gasteiger partial charge in [0.2, 0.25) is 0 Å². The van der Waals surface area contributed by atoms with Gasteiger partial charge in [-0.05, 0) is 36.2 Å². The summed E-state index contributed by atoms with van der Waals surface area (Å²) in [5.74, 6) is 0.625. The molecule has 3 heteroatoms. The van der Waals surface area contributed by atoms with Gasteiger partial charge in [-0.15, -0.1) is 0 Å². The van der Waals surface area contributed by atoms with Gasteiger partial charge in [0.25, 0.3) is 0 Å². The van der Waals surface area contributed by atoms with E-state index in [0.717, 1.165) is 12.0 Å². The summed E-state index contributed by atoms with van der Waals surface area (Å²) in [6.07, 6.45) is 0.906. The van der Waals surface area contributed by atoms with Gasteiger partial charge in [0.1, 0.15) is 0 Å². The minimum absolute atomic E-state index is 0.386. The molecule has 0 saturated carbocycles. The monoisotopic (exact) mass is 256 g/mol. The van der Waals surface area contributed by atoms with Crippen LogP contribution in [0, 0.1) is 0 Å². The maximum atomic E-state index is 12.0. The summed E-state index contributed by atoms with van der Waals surface area (Å²) < 4.78 is 10.6. The van der Waals surface area contributed by atoms with E-state index in [1.54, 1.807) is 37.4 Å². The van der Waals surface area contributed by atoms with Crippen molar-refractivity contribution in [2.75, 3.05) is 7.11 Å². The maximum absolute atomic E-state index is 12.0. The van der Waals surface area contributed by atoms with Gasteiger partial charge in [-0.3, -0.25) is 0 Å². The summed E-state index contributed by atoms with van der Waals surface area (Å²) in [6.45, 7) is 2.06. The highest BCUT2D eigenvalue weighted by molar-refractivity contribution is 5.91. The molecule has 19 heavy (non-hydrogen) atoms. The smallest absolute Gasteiger partial charge is 0.343 e. The molecule has 0 unspecified atom stereocenters. The van der Waals surface area contributed by atoms with Crippen molar-refractivity contribution in [1.82, 2.24) is 0 Å². The Balaban J connectivity index is 2.21. The summed E-state index contributed by atoms with van der Waals surface area (Å²) in [7, 11) is 1.56. The molecule has 2 aromatic rings. The summed E-state index contributed by atoms with van der Waals surface area (Å²) in [5, 5.41) is 0. The van der Waals surface area contributed by atoms with Crippen molar-refractivity contribution in [2.45, 2.75) is 13.3 Å². The van der Waals surface area contributed by atoms with Crippen LogP contribution in [0.3, 0.4) is 0 Å². The molecule has 0 aromatic heterocycles. The first-order valence-corrected chi connectivity index (χ1v) is 6.18. The van der Waals surface area contributed by atoms with E-state index in [1.807, 2.05) is 18.2 Å². The molecule has 0 spiro atoms. The lowest BCUT2D eigenvalue weighted by molar-refractivity contribution is 0.0729. The molecule has 0 heterocycles. The molecule has 0 amide bonds. The topological polar surface area (TPSA) is 35.5 Å². The summed E-state index contributed by atoms with van der Waals surface area (Å²) in [4.78, 5) is 12.0. The third-order valence-electron chi connectivity index (χ3n) is 2.85. The molecule has 0 bridgehead atoms. The van der Waals surface area contributed by atoms with Gasteiger partial charge in [-0.25, -0.2) is 4.79 Å². The van der Waals surface area contributed by atoms with Crippen molar-refractivity contribution in [3.8, 4) is 11.5 Å². The average Bonchev–Trinajstić information content (AvgIpc) is 2.48. The van der Waals surface area contributed by atoms with Crippen LogP contribution < -0.4 is 9.47 Å². The number of carbonyl (C=O) groups is 1. The minimum Gasteiger partial charge on any atom is -0.493 e. The lowest BCUT2D eigenvalue weighted by Crippen LogP contribution is -2.09. The third kappa shape index (κ3) is 3.13. The Kier molecular flexibility index (Phi) is 4.18. The SMILES string of the molecule is CCc1ccc(OC(=O)c2ccccc2)c(OC)c1. The van der Waals surface area contributed by atoms with Crippen LogP contribution in [0.1, 0.15) is 22.8 Å². The molecule has 0 saturated heterocycles. The molecular weight excluding hydrogens is 240 g/mol. The van der Waals surface area contributed by atoms with Crippen LogP contribution in [0.4, 0.5) is 0 Å². The van der Waals surface area contributed by atoms with E-state index < -0.39 is 0 Å². The molecule has 98 valence electrons.